The number of nitrogens with zero attached hydrogens (tertiary/aromatic N) is 3. The number of hydrogen-bond donors (Lipinski definition) is 2. The maximum Gasteiger partial charge on any atom is 0.228 e. The van der Waals surface area contributed by atoms with Crippen LogP contribution in [0.2, 0.25) is 5.02 Å². The fourth-order valence-corrected chi connectivity index (χ4v) is 2.73. The zero-order chi connectivity index (χ0) is 19.9. The summed E-state index contributed by atoms with van der Waals surface area (Å²) < 4.78 is 10.9. The molecule has 148 valence electrons. The lowest BCUT2D eigenvalue weighted by molar-refractivity contribution is 0.0205. The van der Waals surface area contributed by atoms with Crippen LogP contribution in [0, 0.1) is 5.41 Å². The Hall–Kier alpha value is -2.12. The van der Waals surface area contributed by atoms with Crippen LogP contribution in [0.25, 0.3) is 11.4 Å². The Morgan fingerprint density at radius 3 is 2.74 bits per heavy atom. The number of hydrogen-bond acceptors (Lipinski definition) is 5. The summed E-state index contributed by atoms with van der Waals surface area (Å²) in [6.07, 6.45) is 0.661. The minimum atomic E-state index is 0.0428. The van der Waals surface area contributed by atoms with E-state index in [2.05, 4.69) is 46.5 Å². The van der Waals surface area contributed by atoms with Gasteiger partial charge in [0.05, 0.1) is 6.10 Å². The van der Waals surface area contributed by atoms with Crippen molar-refractivity contribution in [3.05, 3.63) is 35.2 Å². The maximum atomic E-state index is 6.00. The Kier molecular flexibility index (Phi) is 7.62. The van der Waals surface area contributed by atoms with E-state index in [1.807, 2.05) is 24.3 Å². The molecule has 0 aliphatic heterocycles. The zero-order valence-electron chi connectivity index (χ0n) is 16.5. The van der Waals surface area contributed by atoms with Crippen molar-refractivity contribution in [1.82, 2.24) is 20.8 Å². The topological polar surface area (TPSA) is 84.6 Å². The molecular formula is C19H28ClN5O2. The number of aromatic nitrogens is 2. The van der Waals surface area contributed by atoms with E-state index < -0.39 is 0 Å². The summed E-state index contributed by atoms with van der Waals surface area (Å²) in [6, 6.07) is 7.37. The van der Waals surface area contributed by atoms with E-state index >= 15 is 0 Å². The van der Waals surface area contributed by atoms with Gasteiger partial charge in [-0.3, -0.25) is 4.99 Å². The van der Waals surface area contributed by atoms with Crippen LogP contribution in [0.1, 0.15) is 26.7 Å². The van der Waals surface area contributed by atoms with Gasteiger partial charge in [0.15, 0.2) is 5.96 Å². The van der Waals surface area contributed by atoms with Crippen molar-refractivity contribution in [2.75, 3.05) is 27.2 Å². The minimum Gasteiger partial charge on any atom is -0.379 e. The Morgan fingerprint density at radius 2 is 2.11 bits per heavy atom. The third kappa shape index (κ3) is 6.52. The number of ether oxygens (including phenoxy) is 1. The predicted molar refractivity (Wildman–Crippen MR) is 108 cm³/mol. The fourth-order valence-electron chi connectivity index (χ4n) is 2.54. The lowest BCUT2D eigenvalue weighted by atomic mass is 9.89. The van der Waals surface area contributed by atoms with Gasteiger partial charge in [0, 0.05) is 44.3 Å². The molecule has 0 fully saturated rings. The standard InChI is InChI=1S/C19H28ClN5O2/c1-19(2,3)15(26-5)12-23-18(21-4)22-10-9-16-24-17(25-27-16)13-7-6-8-14(20)11-13/h6-8,11,15H,9-10,12H2,1-5H3,(H2,21,22,23). The number of guanidine groups is 1. The second-order valence-corrected chi connectivity index (χ2v) is 7.68. The van der Waals surface area contributed by atoms with Crippen molar-refractivity contribution >= 4 is 17.6 Å². The highest BCUT2D eigenvalue weighted by Gasteiger charge is 2.24. The van der Waals surface area contributed by atoms with E-state index in [0.717, 1.165) is 5.56 Å². The van der Waals surface area contributed by atoms with E-state index in [1.54, 1.807) is 14.2 Å². The van der Waals surface area contributed by atoms with Crippen molar-refractivity contribution in [2.24, 2.45) is 10.4 Å². The quantitative estimate of drug-likeness (QED) is 0.555. The predicted octanol–water partition coefficient (Wildman–Crippen LogP) is 3.16. The van der Waals surface area contributed by atoms with Gasteiger partial charge >= 0.3 is 0 Å². The van der Waals surface area contributed by atoms with Gasteiger partial charge in [-0.1, -0.05) is 49.7 Å². The molecular weight excluding hydrogens is 366 g/mol. The zero-order valence-corrected chi connectivity index (χ0v) is 17.3. The highest BCUT2D eigenvalue weighted by Crippen LogP contribution is 2.21. The largest absolute Gasteiger partial charge is 0.379 e. The Labute approximate surface area is 165 Å². The normalized spacial score (nSPS) is 13.5. The van der Waals surface area contributed by atoms with Crippen LogP contribution in [0.5, 0.6) is 0 Å². The van der Waals surface area contributed by atoms with Crippen LogP contribution in [0.4, 0.5) is 0 Å². The summed E-state index contributed by atoms with van der Waals surface area (Å²) in [4.78, 5) is 8.63. The first-order valence-corrected chi connectivity index (χ1v) is 9.27. The van der Waals surface area contributed by atoms with Crippen LogP contribution in [0.15, 0.2) is 33.8 Å². The van der Waals surface area contributed by atoms with Crippen LogP contribution >= 0.6 is 11.6 Å². The van der Waals surface area contributed by atoms with Gasteiger partial charge < -0.3 is 19.9 Å². The van der Waals surface area contributed by atoms with Crippen molar-refractivity contribution in [1.29, 1.82) is 0 Å². The van der Waals surface area contributed by atoms with Crippen LogP contribution in [-0.2, 0) is 11.2 Å². The average molecular weight is 394 g/mol. The molecule has 0 aliphatic carbocycles. The third-order valence-electron chi connectivity index (χ3n) is 4.11. The van der Waals surface area contributed by atoms with E-state index in [4.69, 9.17) is 20.9 Å². The van der Waals surface area contributed by atoms with Gasteiger partial charge in [-0.2, -0.15) is 4.98 Å². The number of nitrogens with one attached hydrogen (secondary N) is 2. The first-order valence-electron chi connectivity index (χ1n) is 8.89. The van der Waals surface area contributed by atoms with Crippen molar-refractivity contribution in [3.8, 4) is 11.4 Å². The Morgan fingerprint density at radius 1 is 1.33 bits per heavy atom. The third-order valence-corrected chi connectivity index (χ3v) is 4.35. The summed E-state index contributed by atoms with van der Waals surface area (Å²) in [6.45, 7) is 7.72. The van der Waals surface area contributed by atoms with Crippen molar-refractivity contribution in [3.63, 3.8) is 0 Å². The van der Waals surface area contributed by atoms with Crippen LogP contribution in [0.3, 0.4) is 0 Å². The van der Waals surface area contributed by atoms with Gasteiger partial charge in [-0.25, -0.2) is 0 Å². The number of halogens is 1. The first kappa shape index (κ1) is 21.2. The summed E-state index contributed by atoms with van der Waals surface area (Å²) >= 11 is 6.00. The fraction of sp³-hybridized carbons (Fsp3) is 0.526. The monoisotopic (exact) mass is 393 g/mol. The van der Waals surface area contributed by atoms with E-state index in [9.17, 15) is 0 Å². The summed E-state index contributed by atoms with van der Waals surface area (Å²) in [5, 5.41) is 11.2. The molecule has 0 saturated carbocycles. The van der Waals surface area contributed by atoms with E-state index in [1.165, 1.54) is 0 Å². The molecule has 1 aromatic heterocycles. The van der Waals surface area contributed by atoms with Crippen molar-refractivity contribution in [2.45, 2.75) is 33.3 Å². The smallest absolute Gasteiger partial charge is 0.228 e. The molecule has 2 aromatic rings. The molecule has 0 spiro atoms. The molecule has 0 saturated heterocycles. The van der Waals surface area contributed by atoms with Gasteiger partial charge in [-0.15, -0.1) is 0 Å². The highest BCUT2D eigenvalue weighted by atomic mass is 35.5. The number of methoxy groups -OCH3 is 1. The van der Waals surface area contributed by atoms with Gasteiger partial charge in [0.2, 0.25) is 11.7 Å². The molecule has 1 heterocycles. The van der Waals surface area contributed by atoms with Crippen molar-refractivity contribution < 1.29 is 9.26 Å². The molecule has 0 bridgehead atoms. The lowest BCUT2D eigenvalue weighted by Crippen LogP contribution is -2.45. The van der Waals surface area contributed by atoms with Gasteiger partial charge in [0.1, 0.15) is 0 Å². The van der Waals surface area contributed by atoms with E-state index in [0.29, 0.717) is 42.2 Å². The molecule has 0 radical (unpaired) electrons. The highest BCUT2D eigenvalue weighted by molar-refractivity contribution is 6.30. The average Bonchev–Trinajstić information content (AvgIpc) is 3.08. The number of benzene rings is 1. The van der Waals surface area contributed by atoms with Gasteiger partial charge in [-0.05, 0) is 17.5 Å². The summed E-state index contributed by atoms with van der Waals surface area (Å²) in [7, 11) is 3.46. The lowest BCUT2D eigenvalue weighted by Gasteiger charge is -2.30. The Bertz CT molecular complexity index is 755. The summed E-state index contributed by atoms with van der Waals surface area (Å²) in [5.74, 6) is 1.79. The molecule has 1 unspecified atom stereocenters. The molecule has 0 aliphatic rings. The minimum absolute atomic E-state index is 0.0428. The van der Waals surface area contributed by atoms with Crippen LogP contribution < -0.4 is 10.6 Å². The molecule has 1 atom stereocenters. The Balaban J connectivity index is 1.83. The first-order chi connectivity index (χ1) is 12.8. The molecule has 2 N–H and O–H groups in total. The molecule has 2 rings (SSSR count). The van der Waals surface area contributed by atoms with Gasteiger partial charge in [0.25, 0.3) is 0 Å². The number of aliphatic imine (C=N–C) groups is 1. The van der Waals surface area contributed by atoms with Crippen LogP contribution in [-0.4, -0.2) is 49.5 Å². The maximum absolute atomic E-state index is 6.00. The van der Waals surface area contributed by atoms with E-state index in [-0.39, 0.29) is 11.5 Å². The number of rotatable bonds is 7. The molecule has 7 nitrogen and oxygen atoms in total. The molecule has 8 heteroatoms. The second-order valence-electron chi connectivity index (χ2n) is 7.24. The molecule has 1 aromatic carbocycles. The summed E-state index contributed by atoms with van der Waals surface area (Å²) in [5.41, 5.74) is 0.872. The molecule has 27 heavy (non-hydrogen) atoms. The second kappa shape index (κ2) is 9.71. The SMILES string of the molecule is CN=C(NCCc1nc(-c2cccc(Cl)c2)no1)NCC(OC)C(C)(C)C. The molecule has 0 amide bonds.